The van der Waals surface area contributed by atoms with Crippen molar-refractivity contribution in [2.45, 2.75) is 148 Å². The van der Waals surface area contributed by atoms with Gasteiger partial charge in [-0.25, -0.2) is 0 Å². The SMILES string of the molecule is CCCCCCCCCCCCCCC(=O)OCC(COP(=O)([O-])OCC[N+](C)(C)C)OC(=O)CCCCCCCC. The van der Waals surface area contributed by atoms with Gasteiger partial charge in [0.05, 0.1) is 27.7 Å². The summed E-state index contributed by atoms with van der Waals surface area (Å²) in [5, 5.41) is 0. The van der Waals surface area contributed by atoms with Crippen molar-refractivity contribution in [1.29, 1.82) is 0 Å². The number of hydrogen-bond acceptors (Lipinski definition) is 8. The molecular formula is C32H64NO8P. The number of ether oxygens (including phenoxy) is 2. The van der Waals surface area contributed by atoms with E-state index in [9.17, 15) is 19.0 Å². The van der Waals surface area contributed by atoms with E-state index in [2.05, 4.69) is 13.8 Å². The number of esters is 2. The lowest BCUT2D eigenvalue weighted by Crippen LogP contribution is -2.37. The highest BCUT2D eigenvalue weighted by Crippen LogP contribution is 2.38. The van der Waals surface area contributed by atoms with Gasteiger partial charge in [-0.2, -0.15) is 0 Å². The van der Waals surface area contributed by atoms with Crippen molar-refractivity contribution in [2.75, 3.05) is 47.5 Å². The predicted octanol–water partition coefficient (Wildman–Crippen LogP) is 7.49. The van der Waals surface area contributed by atoms with Crippen molar-refractivity contribution in [3.05, 3.63) is 0 Å². The van der Waals surface area contributed by atoms with E-state index in [1.807, 2.05) is 21.1 Å². The Morgan fingerprint density at radius 3 is 1.52 bits per heavy atom. The molecule has 0 amide bonds. The Morgan fingerprint density at radius 1 is 0.643 bits per heavy atom. The first-order valence-corrected chi connectivity index (χ1v) is 18.2. The van der Waals surface area contributed by atoms with Crippen LogP contribution in [0.5, 0.6) is 0 Å². The number of carbonyl (C=O) groups is 2. The number of rotatable bonds is 30. The van der Waals surface area contributed by atoms with Gasteiger partial charge in [-0.05, 0) is 12.8 Å². The summed E-state index contributed by atoms with van der Waals surface area (Å²) in [6, 6.07) is 0. The number of carbonyl (C=O) groups excluding carboxylic acids is 2. The number of quaternary nitrogens is 1. The number of phosphoric acid groups is 1. The monoisotopic (exact) mass is 621 g/mol. The fraction of sp³-hybridized carbons (Fsp3) is 0.938. The van der Waals surface area contributed by atoms with Crippen LogP contribution in [0.15, 0.2) is 0 Å². The molecule has 10 heteroatoms. The van der Waals surface area contributed by atoms with Gasteiger partial charge in [0.25, 0.3) is 7.82 Å². The molecule has 0 N–H and O–H groups in total. The molecule has 0 rings (SSSR count). The van der Waals surface area contributed by atoms with Crippen LogP contribution in [0.3, 0.4) is 0 Å². The molecule has 0 fully saturated rings. The van der Waals surface area contributed by atoms with E-state index in [1.165, 1.54) is 64.2 Å². The van der Waals surface area contributed by atoms with Crippen molar-refractivity contribution < 1.29 is 42.1 Å². The average molecular weight is 622 g/mol. The summed E-state index contributed by atoms with van der Waals surface area (Å²) in [5.41, 5.74) is 0. The van der Waals surface area contributed by atoms with Gasteiger partial charge < -0.3 is 27.9 Å². The third kappa shape index (κ3) is 29.1. The second-order valence-corrected chi connectivity index (χ2v) is 14.0. The quantitative estimate of drug-likeness (QED) is 0.0351. The molecule has 2 atom stereocenters. The zero-order valence-corrected chi connectivity index (χ0v) is 28.6. The van der Waals surface area contributed by atoms with Crippen LogP contribution in [-0.2, 0) is 32.7 Å². The lowest BCUT2D eigenvalue weighted by molar-refractivity contribution is -0.870. The number of phosphoric ester groups is 1. The zero-order chi connectivity index (χ0) is 31.5. The summed E-state index contributed by atoms with van der Waals surface area (Å²) >= 11 is 0. The lowest BCUT2D eigenvalue weighted by Gasteiger charge is -2.28. The van der Waals surface area contributed by atoms with Crippen molar-refractivity contribution in [2.24, 2.45) is 0 Å². The molecule has 0 aliphatic carbocycles. The maximum atomic E-state index is 12.4. The minimum absolute atomic E-state index is 0.0270. The smallest absolute Gasteiger partial charge is 0.306 e. The molecule has 0 spiro atoms. The van der Waals surface area contributed by atoms with Crippen molar-refractivity contribution in [1.82, 2.24) is 0 Å². The van der Waals surface area contributed by atoms with E-state index in [0.717, 1.165) is 44.9 Å². The van der Waals surface area contributed by atoms with Gasteiger partial charge in [0.2, 0.25) is 0 Å². The third-order valence-electron chi connectivity index (χ3n) is 7.13. The highest BCUT2D eigenvalue weighted by molar-refractivity contribution is 7.45. The standard InChI is InChI=1S/C32H64NO8P/c1-6-8-10-12-14-15-16-17-18-19-21-22-24-31(34)38-28-30(41-32(35)25-23-20-13-11-9-7-2)29-40-42(36,37)39-27-26-33(3,4)5/h30H,6-29H2,1-5H3. The Balaban J connectivity index is 4.41. The molecule has 0 aromatic rings. The van der Waals surface area contributed by atoms with Crippen LogP contribution in [0.25, 0.3) is 0 Å². The fourth-order valence-corrected chi connectivity index (χ4v) is 5.15. The summed E-state index contributed by atoms with van der Waals surface area (Å²) in [6.07, 6.45) is 20.2. The van der Waals surface area contributed by atoms with E-state index < -0.39 is 26.5 Å². The second kappa shape index (κ2) is 26.4. The molecule has 250 valence electrons. The number of unbranched alkanes of at least 4 members (excludes halogenated alkanes) is 16. The lowest BCUT2D eigenvalue weighted by atomic mass is 10.0. The summed E-state index contributed by atoms with van der Waals surface area (Å²) in [7, 11) is 1.17. The Hall–Kier alpha value is -0.990. The number of likely N-dealkylation sites (N-methyl/N-ethyl adjacent to an activating group) is 1. The third-order valence-corrected chi connectivity index (χ3v) is 8.09. The Bertz CT molecular complexity index is 713. The van der Waals surface area contributed by atoms with Crippen LogP contribution in [0.2, 0.25) is 0 Å². The first kappa shape index (κ1) is 41.0. The van der Waals surface area contributed by atoms with E-state index in [4.69, 9.17) is 18.5 Å². The minimum atomic E-state index is -4.59. The number of nitrogens with zero attached hydrogens (tertiary/aromatic N) is 1. The summed E-state index contributed by atoms with van der Waals surface area (Å²) in [6.45, 7) is 4.13. The van der Waals surface area contributed by atoms with Gasteiger partial charge in [0, 0.05) is 12.8 Å². The predicted molar refractivity (Wildman–Crippen MR) is 167 cm³/mol. The molecule has 0 saturated heterocycles. The molecule has 42 heavy (non-hydrogen) atoms. The molecule has 0 saturated carbocycles. The Kier molecular flexibility index (Phi) is 25.8. The molecular weight excluding hydrogens is 557 g/mol. The summed E-state index contributed by atoms with van der Waals surface area (Å²) in [4.78, 5) is 36.9. The highest BCUT2D eigenvalue weighted by Gasteiger charge is 2.21. The van der Waals surface area contributed by atoms with Gasteiger partial charge in [0.15, 0.2) is 6.10 Å². The maximum Gasteiger partial charge on any atom is 0.306 e. The van der Waals surface area contributed by atoms with E-state index in [1.54, 1.807) is 0 Å². The molecule has 0 aliphatic rings. The van der Waals surface area contributed by atoms with Crippen LogP contribution in [0, 0.1) is 0 Å². The van der Waals surface area contributed by atoms with E-state index in [0.29, 0.717) is 17.4 Å². The highest BCUT2D eigenvalue weighted by atomic mass is 31.2. The van der Waals surface area contributed by atoms with Crippen LogP contribution < -0.4 is 4.89 Å². The molecule has 0 heterocycles. The minimum Gasteiger partial charge on any atom is -0.756 e. The average Bonchev–Trinajstić information content (AvgIpc) is 2.92. The molecule has 2 unspecified atom stereocenters. The molecule has 0 aromatic carbocycles. The Morgan fingerprint density at radius 2 is 1.07 bits per heavy atom. The van der Waals surface area contributed by atoms with Crippen LogP contribution in [0.1, 0.15) is 142 Å². The molecule has 0 radical (unpaired) electrons. The van der Waals surface area contributed by atoms with Gasteiger partial charge >= 0.3 is 11.9 Å². The molecule has 9 nitrogen and oxygen atoms in total. The summed E-state index contributed by atoms with van der Waals surface area (Å²) < 4.78 is 33.4. The van der Waals surface area contributed by atoms with Crippen LogP contribution in [0.4, 0.5) is 0 Å². The van der Waals surface area contributed by atoms with E-state index >= 15 is 0 Å². The van der Waals surface area contributed by atoms with E-state index in [-0.39, 0.29) is 32.0 Å². The summed E-state index contributed by atoms with van der Waals surface area (Å²) in [5.74, 6) is -0.841. The van der Waals surface area contributed by atoms with Gasteiger partial charge in [-0.3, -0.25) is 14.2 Å². The zero-order valence-electron chi connectivity index (χ0n) is 27.7. The number of hydrogen-bond donors (Lipinski definition) is 0. The Labute approximate surface area is 257 Å². The first-order valence-electron chi connectivity index (χ1n) is 16.7. The normalized spacial score (nSPS) is 14.0. The van der Waals surface area contributed by atoms with Gasteiger partial charge in [0.1, 0.15) is 19.8 Å². The van der Waals surface area contributed by atoms with Crippen molar-refractivity contribution >= 4 is 19.8 Å². The topological polar surface area (TPSA) is 111 Å². The molecule has 0 aromatic heterocycles. The van der Waals surface area contributed by atoms with Crippen molar-refractivity contribution in [3.63, 3.8) is 0 Å². The fourth-order valence-electron chi connectivity index (χ4n) is 4.42. The van der Waals surface area contributed by atoms with Gasteiger partial charge in [-0.1, -0.05) is 117 Å². The van der Waals surface area contributed by atoms with Crippen molar-refractivity contribution in [3.8, 4) is 0 Å². The maximum absolute atomic E-state index is 12.4. The van der Waals surface area contributed by atoms with Crippen LogP contribution in [-0.4, -0.2) is 70.0 Å². The second-order valence-electron chi connectivity index (χ2n) is 12.5. The molecule has 0 aliphatic heterocycles. The van der Waals surface area contributed by atoms with Crippen LogP contribution >= 0.6 is 7.82 Å². The largest absolute Gasteiger partial charge is 0.756 e. The van der Waals surface area contributed by atoms with Gasteiger partial charge in [-0.15, -0.1) is 0 Å². The molecule has 0 bridgehead atoms. The first-order chi connectivity index (χ1) is 20.0.